The van der Waals surface area contributed by atoms with Crippen molar-refractivity contribution < 1.29 is 13.2 Å². The van der Waals surface area contributed by atoms with Gasteiger partial charge in [0.05, 0.1) is 5.56 Å². The highest BCUT2D eigenvalue weighted by atomic mass is 19.4. The van der Waals surface area contributed by atoms with Crippen molar-refractivity contribution in [2.75, 3.05) is 24.5 Å². The molecule has 1 aromatic rings. The van der Waals surface area contributed by atoms with Crippen molar-refractivity contribution in [1.29, 1.82) is 0 Å². The predicted molar refractivity (Wildman–Crippen MR) is 77.4 cm³/mol. The van der Waals surface area contributed by atoms with Crippen molar-refractivity contribution in [3.8, 4) is 0 Å². The Bertz CT molecular complexity index is 510. The van der Waals surface area contributed by atoms with E-state index in [1.54, 1.807) is 6.07 Å². The molecule has 1 atom stereocenters. The minimum atomic E-state index is -4.28. The van der Waals surface area contributed by atoms with Crippen LogP contribution in [0.3, 0.4) is 0 Å². The summed E-state index contributed by atoms with van der Waals surface area (Å²) < 4.78 is 38.6. The lowest BCUT2D eigenvalue weighted by Gasteiger charge is -2.35. The maximum absolute atomic E-state index is 12.9. The third-order valence-electron chi connectivity index (χ3n) is 4.67. The molecule has 0 amide bonds. The smallest absolute Gasteiger partial charge is 0.370 e. The number of anilines is 1. The minimum Gasteiger partial charge on any atom is -0.370 e. The van der Waals surface area contributed by atoms with Gasteiger partial charge in [0, 0.05) is 24.3 Å². The lowest BCUT2D eigenvalue weighted by Crippen LogP contribution is -2.51. The van der Waals surface area contributed by atoms with E-state index in [9.17, 15) is 13.2 Å². The first-order valence-electron chi connectivity index (χ1n) is 7.56. The standard InChI is InChI=1S/C16H21F3N2/c1-15(12-6-7-12)11-21(9-3-8-20-15)14-5-2-4-13(10-14)16(17,18)19/h2,4-5,10,12,20H,3,6-9,11H2,1H3. The number of alkyl halides is 3. The summed E-state index contributed by atoms with van der Waals surface area (Å²) in [5.74, 6) is 0.656. The maximum atomic E-state index is 12.9. The minimum absolute atomic E-state index is 0.0186. The number of benzene rings is 1. The van der Waals surface area contributed by atoms with Gasteiger partial charge in [-0.05, 0) is 56.8 Å². The van der Waals surface area contributed by atoms with Gasteiger partial charge in [0.25, 0.3) is 0 Å². The molecule has 116 valence electrons. The lowest BCUT2D eigenvalue weighted by atomic mass is 9.95. The van der Waals surface area contributed by atoms with Crippen LogP contribution < -0.4 is 10.2 Å². The van der Waals surface area contributed by atoms with Gasteiger partial charge < -0.3 is 10.2 Å². The van der Waals surface area contributed by atoms with E-state index in [1.807, 2.05) is 0 Å². The molecule has 1 aromatic carbocycles. The van der Waals surface area contributed by atoms with Crippen molar-refractivity contribution in [3.05, 3.63) is 29.8 Å². The molecule has 2 fully saturated rings. The molecule has 2 aliphatic rings. The quantitative estimate of drug-likeness (QED) is 0.896. The highest BCUT2D eigenvalue weighted by Crippen LogP contribution is 2.41. The summed E-state index contributed by atoms with van der Waals surface area (Å²) in [4.78, 5) is 2.10. The first kappa shape index (κ1) is 14.7. The van der Waals surface area contributed by atoms with Crippen LogP contribution in [-0.2, 0) is 6.18 Å². The zero-order valence-electron chi connectivity index (χ0n) is 12.2. The fraction of sp³-hybridized carbons (Fsp3) is 0.625. The average Bonchev–Trinajstić information content (AvgIpc) is 3.25. The number of hydrogen-bond acceptors (Lipinski definition) is 2. The first-order chi connectivity index (χ1) is 9.88. The van der Waals surface area contributed by atoms with Gasteiger partial charge in [-0.25, -0.2) is 0 Å². The maximum Gasteiger partial charge on any atom is 0.416 e. The number of hydrogen-bond donors (Lipinski definition) is 1. The normalized spacial score (nSPS) is 27.5. The highest BCUT2D eigenvalue weighted by molar-refractivity contribution is 5.50. The predicted octanol–water partition coefficient (Wildman–Crippen LogP) is 3.67. The molecule has 1 N–H and O–H groups in total. The molecule has 2 nitrogen and oxygen atoms in total. The summed E-state index contributed by atoms with van der Waals surface area (Å²) in [6, 6.07) is 5.71. The molecule has 21 heavy (non-hydrogen) atoms. The summed E-state index contributed by atoms with van der Waals surface area (Å²) in [6.07, 6.45) is -0.877. The van der Waals surface area contributed by atoms with Crippen molar-refractivity contribution >= 4 is 5.69 Å². The topological polar surface area (TPSA) is 15.3 Å². The molecule has 5 heteroatoms. The molecule has 1 aliphatic heterocycles. The Morgan fingerprint density at radius 2 is 2.05 bits per heavy atom. The molecular weight excluding hydrogens is 277 g/mol. The third-order valence-corrected chi connectivity index (χ3v) is 4.67. The molecule has 3 rings (SSSR count). The van der Waals surface area contributed by atoms with Gasteiger partial charge in [0.15, 0.2) is 0 Å². The van der Waals surface area contributed by atoms with Gasteiger partial charge in [0.2, 0.25) is 0 Å². The van der Waals surface area contributed by atoms with Gasteiger partial charge in [0.1, 0.15) is 0 Å². The fourth-order valence-electron chi connectivity index (χ4n) is 3.27. The van der Waals surface area contributed by atoms with Crippen LogP contribution >= 0.6 is 0 Å². The molecule has 0 spiro atoms. The Kier molecular flexibility index (Phi) is 3.64. The van der Waals surface area contributed by atoms with Crippen LogP contribution in [-0.4, -0.2) is 25.2 Å². The second-order valence-electron chi connectivity index (χ2n) is 6.44. The van der Waals surface area contributed by atoms with Crippen LogP contribution in [0.1, 0.15) is 31.7 Å². The van der Waals surface area contributed by atoms with Crippen LogP contribution in [0.5, 0.6) is 0 Å². The average molecular weight is 298 g/mol. The number of nitrogens with one attached hydrogen (secondary N) is 1. The van der Waals surface area contributed by atoms with Crippen LogP contribution in [0, 0.1) is 5.92 Å². The fourth-order valence-corrected chi connectivity index (χ4v) is 3.27. The van der Waals surface area contributed by atoms with Crippen LogP contribution in [0.25, 0.3) is 0 Å². The van der Waals surface area contributed by atoms with E-state index in [1.165, 1.54) is 25.0 Å². The molecule has 0 aromatic heterocycles. The molecule has 1 saturated heterocycles. The molecular formula is C16H21F3N2. The SMILES string of the molecule is CC1(C2CC2)CN(c2cccc(C(F)(F)F)c2)CCCN1. The van der Waals surface area contributed by atoms with Crippen molar-refractivity contribution in [1.82, 2.24) is 5.32 Å². The molecule has 1 unspecified atom stereocenters. The zero-order valence-corrected chi connectivity index (χ0v) is 12.2. The highest BCUT2D eigenvalue weighted by Gasteiger charge is 2.43. The van der Waals surface area contributed by atoms with E-state index in [0.29, 0.717) is 11.6 Å². The molecule has 1 heterocycles. The molecule has 0 bridgehead atoms. The Labute approximate surface area is 123 Å². The van der Waals surface area contributed by atoms with Crippen molar-refractivity contribution in [2.24, 2.45) is 5.92 Å². The van der Waals surface area contributed by atoms with E-state index in [4.69, 9.17) is 0 Å². The second kappa shape index (κ2) is 5.20. The Hall–Kier alpha value is -1.23. The van der Waals surface area contributed by atoms with Gasteiger partial charge in [-0.2, -0.15) is 13.2 Å². The van der Waals surface area contributed by atoms with Gasteiger partial charge in [-0.15, -0.1) is 0 Å². The van der Waals surface area contributed by atoms with Crippen LogP contribution in [0.4, 0.5) is 18.9 Å². The van der Waals surface area contributed by atoms with E-state index in [0.717, 1.165) is 32.1 Å². The van der Waals surface area contributed by atoms with E-state index in [2.05, 4.69) is 17.1 Å². The third kappa shape index (κ3) is 3.18. The van der Waals surface area contributed by atoms with Crippen LogP contribution in [0.2, 0.25) is 0 Å². The van der Waals surface area contributed by atoms with E-state index < -0.39 is 11.7 Å². The van der Waals surface area contributed by atoms with Crippen LogP contribution in [0.15, 0.2) is 24.3 Å². The summed E-state index contributed by atoms with van der Waals surface area (Å²) in [6.45, 7) is 4.72. The monoisotopic (exact) mass is 298 g/mol. The molecule has 0 radical (unpaired) electrons. The first-order valence-corrected chi connectivity index (χ1v) is 7.56. The van der Waals surface area contributed by atoms with E-state index >= 15 is 0 Å². The Morgan fingerprint density at radius 3 is 2.71 bits per heavy atom. The lowest BCUT2D eigenvalue weighted by molar-refractivity contribution is -0.137. The Balaban J connectivity index is 1.84. The Morgan fingerprint density at radius 1 is 1.29 bits per heavy atom. The second-order valence-corrected chi connectivity index (χ2v) is 6.44. The molecule has 1 saturated carbocycles. The van der Waals surface area contributed by atoms with Crippen molar-refractivity contribution in [3.63, 3.8) is 0 Å². The number of rotatable bonds is 2. The number of halogens is 3. The van der Waals surface area contributed by atoms with E-state index in [-0.39, 0.29) is 5.54 Å². The summed E-state index contributed by atoms with van der Waals surface area (Å²) in [5, 5.41) is 3.60. The van der Waals surface area contributed by atoms with Gasteiger partial charge >= 0.3 is 6.18 Å². The number of nitrogens with zero attached hydrogens (tertiary/aromatic N) is 1. The van der Waals surface area contributed by atoms with Gasteiger partial charge in [-0.3, -0.25) is 0 Å². The van der Waals surface area contributed by atoms with Gasteiger partial charge in [-0.1, -0.05) is 6.07 Å². The molecule has 1 aliphatic carbocycles. The zero-order chi connectivity index (χ0) is 15.1. The summed E-state index contributed by atoms with van der Waals surface area (Å²) in [5.41, 5.74) is 0.135. The summed E-state index contributed by atoms with van der Waals surface area (Å²) >= 11 is 0. The van der Waals surface area contributed by atoms with Crippen molar-refractivity contribution in [2.45, 2.75) is 37.9 Å². The largest absolute Gasteiger partial charge is 0.416 e. The summed E-state index contributed by atoms with van der Waals surface area (Å²) in [7, 11) is 0.